The second-order valence-electron chi connectivity index (χ2n) is 4.41. The average Bonchev–Trinajstić information content (AvgIpc) is 2.36. The molecule has 0 heterocycles. The molecule has 0 fully saturated rings. The van der Waals surface area contributed by atoms with Crippen LogP contribution in [0.25, 0.3) is 6.08 Å². The summed E-state index contributed by atoms with van der Waals surface area (Å²) < 4.78 is 26.0. The van der Waals surface area contributed by atoms with E-state index in [1.807, 2.05) is 14.0 Å². The number of rotatable bonds is 7. The van der Waals surface area contributed by atoms with Crippen LogP contribution in [-0.4, -0.2) is 28.6 Å². The molecule has 19 heavy (non-hydrogen) atoms. The Balaban J connectivity index is 2.56. The van der Waals surface area contributed by atoms with Crippen molar-refractivity contribution >= 4 is 27.7 Å². The predicted octanol–water partition coefficient (Wildman–Crippen LogP) is 2.09. The van der Waals surface area contributed by atoms with Gasteiger partial charge in [0.2, 0.25) is 10.0 Å². The smallest absolute Gasteiger partial charge is 0.233 e. The number of hydrogen-bond acceptors (Lipinski definition) is 3. The van der Waals surface area contributed by atoms with E-state index in [1.54, 1.807) is 30.3 Å². The molecule has 6 heteroatoms. The standard InChI is InChI=1S/C13H19ClN2O2S/c1-11(9-15-2)10-16-19(17,18)8-7-12-3-5-13(14)6-4-12/h3-8,11,15-16H,9-10H2,1-2H3/b8-7+. The lowest BCUT2D eigenvalue weighted by molar-refractivity contribution is 0.522. The molecule has 4 nitrogen and oxygen atoms in total. The number of halogens is 1. The molecular formula is C13H19ClN2O2S. The van der Waals surface area contributed by atoms with Crippen LogP contribution in [0.15, 0.2) is 29.7 Å². The van der Waals surface area contributed by atoms with Crippen LogP contribution in [0.1, 0.15) is 12.5 Å². The summed E-state index contributed by atoms with van der Waals surface area (Å²) in [5.41, 5.74) is 0.790. The number of hydrogen-bond donors (Lipinski definition) is 2. The zero-order valence-electron chi connectivity index (χ0n) is 11.1. The van der Waals surface area contributed by atoms with Crippen LogP contribution in [0, 0.1) is 5.92 Å². The summed E-state index contributed by atoms with van der Waals surface area (Å²) in [6, 6.07) is 6.96. The number of sulfonamides is 1. The Morgan fingerprint density at radius 3 is 2.47 bits per heavy atom. The van der Waals surface area contributed by atoms with Gasteiger partial charge in [-0.25, -0.2) is 13.1 Å². The van der Waals surface area contributed by atoms with Crippen LogP contribution in [0.3, 0.4) is 0 Å². The monoisotopic (exact) mass is 302 g/mol. The zero-order chi connectivity index (χ0) is 14.3. The molecule has 1 unspecified atom stereocenters. The fourth-order valence-electron chi connectivity index (χ4n) is 1.47. The van der Waals surface area contributed by atoms with Crippen molar-refractivity contribution in [2.75, 3.05) is 20.1 Å². The van der Waals surface area contributed by atoms with E-state index in [2.05, 4.69) is 10.0 Å². The van der Waals surface area contributed by atoms with Crippen molar-refractivity contribution in [1.29, 1.82) is 0 Å². The highest BCUT2D eigenvalue weighted by Gasteiger charge is 2.07. The van der Waals surface area contributed by atoms with Crippen LogP contribution in [0.2, 0.25) is 5.02 Å². The van der Waals surface area contributed by atoms with Crippen molar-refractivity contribution in [2.45, 2.75) is 6.92 Å². The summed E-state index contributed by atoms with van der Waals surface area (Å²) in [7, 11) is -1.56. The van der Waals surface area contributed by atoms with E-state index in [9.17, 15) is 8.42 Å². The van der Waals surface area contributed by atoms with Crippen LogP contribution in [-0.2, 0) is 10.0 Å². The van der Waals surface area contributed by atoms with Crippen LogP contribution < -0.4 is 10.0 Å². The van der Waals surface area contributed by atoms with Crippen LogP contribution >= 0.6 is 11.6 Å². The Labute approximate surface area is 119 Å². The molecule has 0 saturated heterocycles. The van der Waals surface area contributed by atoms with Gasteiger partial charge in [-0.2, -0.15) is 0 Å². The molecule has 0 radical (unpaired) electrons. The van der Waals surface area contributed by atoms with Gasteiger partial charge in [0, 0.05) is 17.0 Å². The molecule has 0 aliphatic rings. The van der Waals surface area contributed by atoms with Crippen molar-refractivity contribution in [2.24, 2.45) is 5.92 Å². The lowest BCUT2D eigenvalue weighted by atomic mass is 10.2. The van der Waals surface area contributed by atoms with E-state index in [0.29, 0.717) is 11.6 Å². The van der Waals surface area contributed by atoms with Crippen LogP contribution in [0.4, 0.5) is 0 Å². The third-order valence-corrected chi connectivity index (χ3v) is 3.81. The van der Waals surface area contributed by atoms with Crippen molar-refractivity contribution in [3.8, 4) is 0 Å². The molecule has 0 aromatic heterocycles. The minimum absolute atomic E-state index is 0.240. The molecule has 1 aromatic rings. The van der Waals surface area contributed by atoms with E-state index in [1.165, 1.54) is 5.41 Å². The molecule has 1 rings (SSSR count). The molecule has 106 valence electrons. The first kappa shape index (κ1) is 16.2. The molecule has 0 spiro atoms. The van der Waals surface area contributed by atoms with Gasteiger partial charge >= 0.3 is 0 Å². The van der Waals surface area contributed by atoms with Gasteiger partial charge in [-0.15, -0.1) is 0 Å². The fourth-order valence-corrected chi connectivity index (χ4v) is 2.54. The predicted molar refractivity (Wildman–Crippen MR) is 80.5 cm³/mol. The molecule has 0 aliphatic carbocycles. The maximum absolute atomic E-state index is 11.7. The van der Waals surface area contributed by atoms with Crippen molar-refractivity contribution in [3.63, 3.8) is 0 Å². The Kier molecular flexibility index (Phi) is 6.51. The molecule has 1 aromatic carbocycles. The van der Waals surface area contributed by atoms with Gasteiger partial charge < -0.3 is 5.32 Å². The second-order valence-corrected chi connectivity index (χ2v) is 6.50. The van der Waals surface area contributed by atoms with Gasteiger partial charge in [0.25, 0.3) is 0 Å². The Bertz CT molecular complexity index is 512. The van der Waals surface area contributed by atoms with Crippen LogP contribution in [0.5, 0.6) is 0 Å². The Hall–Kier alpha value is -0.880. The van der Waals surface area contributed by atoms with Crippen molar-refractivity contribution in [1.82, 2.24) is 10.0 Å². The third-order valence-electron chi connectivity index (χ3n) is 2.50. The minimum Gasteiger partial charge on any atom is -0.319 e. The van der Waals surface area contributed by atoms with Gasteiger partial charge in [-0.3, -0.25) is 0 Å². The average molecular weight is 303 g/mol. The number of nitrogens with one attached hydrogen (secondary N) is 2. The molecule has 2 N–H and O–H groups in total. The van der Waals surface area contributed by atoms with Crippen molar-refractivity contribution in [3.05, 3.63) is 40.3 Å². The molecule has 0 bridgehead atoms. The highest BCUT2D eigenvalue weighted by Crippen LogP contribution is 2.11. The summed E-state index contributed by atoms with van der Waals surface area (Å²) in [5, 5.41) is 4.79. The first-order chi connectivity index (χ1) is 8.93. The van der Waals surface area contributed by atoms with Gasteiger partial charge in [-0.05, 0) is 43.3 Å². The largest absolute Gasteiger partial charge is 0.319 e. The van der Waals surface area contributed by atoms with E-state index in [4.69, 9.17) is 11.6 Å². The maximum Gasteiger partial charge on any atom is 0.233 e. The summed E-state index contributed by atoms with van der Waals surface area (Å²) in [6.45, 7) is 3.15. The molecule has 0 aliphatic heterocycles. The lowest BCUT2D eigenvalue weighted by Crippen LogP contribution is -2.31. The highest BCUT2D eigenvalue weighted by molar-refractivity contribution is 7.92. The molecule has 0 saturated carbocycles. The highest BCUT2D eigenvalue weighted by atomic mass is 35.5. The fraction of sp³-hybridized carbons (Fsp3) is 0.385. The van der Waals surface area contributed by atoms with Gasteiger partial charge in [-0.1, -0.05) is 30.7 Å². The quantitative estimate of drug-likeness (QED) is 0.811. The normalized spacial score (nSPS) is 13.8. The first-order valence-electron chi connectivity index (χ1n) is 6.01. The number of benzene rings is 1. The second kappa shape index (κ2) is 7.65. The third kappa shape index (κ3) is 6.73. The van der Waals surface area contributed by atoms with E-state index < -0.39 is 10.0 Å². The van der Waals surface area contributed by atoms with E-state index in [-0.39, 0.29) is 5.92 Å². The first-order valence-corrected chi connectivity index (χ1v) is 7.93. The van der Waals surface area contributed by atoms with E-state index >= 15 is 0 Å². The SMILES string of the molecule is CNCC(C)CNS(=O)(=O)/C=C/c1ccc(Cl)cc1. The van der Waals surface area contributed by atoms with Crippen molar-refractivity contribution < 1.29 is 8.42 Å². The lowest BCUT2D eigenvalue weighted by Gasteiger charge is -2.10. The topological polar surface area (TPSA) is 58.2 Å². The summed E-state index contributed by atoms with van der Waals surface area (Å²) in [4.78, 5) is 0. The summed E-state index contributed by atoms with van der Waals surface area (Å²) >= 11 is 5.76. The van der Waals surface area contributed by atoms with Gasteiger partial charge in [0.1, 0.15) is 0 Å². The Morgan fingerprint density at radius 1 is 1.26 bits per heavy atom. The van der Waals surface area contributed by atoms with Gasteiger partial charge in [0.15, 0.2) is 0 Å². The molecule has 0 amide bonds. The van der Waals surface area contributed by atoms with E-state index in [0.717, 1.165) is 12.1 Å². The minimum atomic E-state index is -3.39. The summed E-state index contributed by atoms with van der Waals surface area (Å²) in [5.74, 6) is 0.240. The molecular weight excluding hydrogens is 284 g/mol. The maximum atomic E-state index is 11.7. The molecule has 1 atom stereocenters. The Morgan fingerprint density at radius 2 is 1.89 bits per heavy atom. The van der Waals surface area contributed by atoms with Gasteiger partial charge in [0.05, 0.1) is 0 Å². The summed E-state index contributed by atoms with van der Waals surface area (Å²) in [6.07, 6.45) is 1.54. The zero-order valence-corrected chi connectivity index (χ0v) is 12.6.